The number of thiocarbonyl (C=S) groups is 1. The van der Waals surface area contributed by atoms with E-state index in [0.29, 0.717) is 6.04 Å². The van der Waals surface area contributed by atoms with E-state index >= 15 is 0 Å². The molecular weight excluding hydrogens is 278 g/mol. The summed E-state index contributed by atoms with van der Waals surface area (Å²) in [5.74, 6) is 0. The van der Waals surface area contributed by atoms with E-state index in [1.54, 1.807) is 0 Å². The molecule has 1 aliphatic heterocycles. The topological polar surface area (TPSA) is 27.3 Å². The normalized spacial score (nSPS) is 16.9. The number of benzene rings is 2. The summed E-state index contributed by atoms with van der Waals surface area (Å²) >= 11 is 5.14. The quantitative estimate of drug-likeness (QED) is 0.849. The molecule has 1 aliphatic rings. The maximum absolute atomic E-state index is 5.14. The fourth-order valence-corrected chi connectivity index (χ4v) is 2.78. The van der Waals surface area contributed by atoms with Gasteiger partial charge in [0.15, 0.2) is 5.11 Å². The predicted molar refractivity (Wildman–Crippen MR) is 89.8 cm³/mol. The Morgan fingerprint density at radius 3 is 2.10 bits per heavy atom. The molecule has 2 N–H and O–H groups in total. The van der Waals surface area contributed by atoms with E-state index in [-0.39, 0.29) is 0 Å². The van der Waals surface area contributed by atoms with E-state index in [2.05, 4.69) is 76.2 Å². The van der Waals surface area contributed by atoms with Crippen LogP contribution in [0.2, 0.25) is 0 Å². The molecule has 0 aromatic heterocycles. The molecule has 0 saturated carbocycles. The van der Waals surface area contributed by atoms with Crippen molar-refractivity contribution in [3.63, 3.8) is 0 Å². The molecule has 0 amide bonds. The summed E-state index contributed by atoms with van der Waals surface area (Å²) < 4.78 is 0. The van der Waals surface area contributed by atoms with Crippen LogP contribution in [0.15, 0.2) is 60.7 Å². The summed E-state index contributed by atoms with van der Waals surface area (Å²) in [6.45, 7) is 1.55. The Kier molecular flexibility index (Phi) is 4.48. The average molecular weight is 297 g/mol. The lowest BCUT2D eigenvalue weighted by atomic mass is 9.97. The van der Waals surface area contributed by atoms with Crippen molar-refractivity contribution in [1.29, 1.82) is 0 Å². The van der Waals surface area contributed by atoms with E-state index in [9.17, 15) is 0 Å². The second-order valence-corrected chi connectivity index (χ2v) is 5.61. The fraction of sp³-hybridized carbons (Fsp3) is 0.235. The van der Waals surface area contributed by atoms with Crippen LogP contribution in [-0.2, 0) is 6.42 Å². The molecule has 4 heteroatoms. The highest BCUT2D eigenvalue weighted by Crippen LogP contribution is 2.24. The Balaban J connectivity index is 1.83. The van der Waals surface area contributed by atoms with Crippen molar-refractivity contribution < 1.29 is 0 Å². The molecule has 2 aromatic carbocycles. The van der Waals surface area contributed by atoms with Gasteiger partial charge >= 0.3 is 0 Å². The SMILES string of the molecule is S=C1NCN([C@H](Cc2ccccc2)c2ccccc2)CN1. The van der Waals surface area contributed by atoms with Crippen molar-refractivity contribution >= 4 is 17.3 Å². The van der Waals surface area contributed by atoms with Gasteiger partial charge in [-0.15, -0.1) is 0 Å². The van der Waals surface area contributed by atoms with Gasteiger partial charge in [0.2, 0.25) is 0 Å². The van der Waals surface area contributed by atoms with Crippen LogP contribution in [-0.4, -0.2) is 23.3 Å². The first-order chi connectivity index (χ1) is 10.3. The van der Waals surface area contributed by atoms with Crippen molar-refractivity contribution in [3.05, 3.63) is 71.8 Å². The molecule has 1 atom stereocenters. The first-order valence-corrected chi connectivity index (χ1v) is 7.58. The van der Waals surface area contributed by atoms with E-state index in [0.717, 1.165) is 24.9 Å². The largest absolute Gasteiger partial charge is 0.350 e. The number of nitrogens with zero attached hydrogens (tertiary/aromatic N) is 1. The van der Waals surface area contributed by atoms with E-state index < -0.39 is 0 Å². The molecule has 2 aromatic rings. The zero-order chi connectivity index (χ0) is 14.5. The van der Waals surface area contributed by atoms with Crippen molar-refractivity contribution in [1.82, 2.24) is 15.5 Å². The van der Waals surface area contributed by atoms with Crippen molar-refractivity contribution in [3.8, 4) is 0 Å². The smallest absolute Gasteiger partial charge is 0.168 e. The zero-order valence-electron chi connectivity index (χ0n) is 11.8. The Morgan fingerprint density at radius 2 is 1.48 bits per heavy atom. The summed E-state index contributed by atoms with van der Waals surface area (Å²) in [5.41, 5.74) is 2.68. The highest BCUT2D eigenvalue weighted by Gasteiger charge is 2.23. The minimum Gasteiger partial charge on any atom is -0.350 e. The monoisotopic (exact) mass is 297 g/mol. The molecule has 0 radical (unpaired) electrons. The average Bonchev–Trinajstić information content (AvgIpc) is 2.55. The summed E-state index contributed by atoms with van der Waals surface area (Å²) in [6.07, 6.45) is 0.987. The second kappa shape index (κ2) is 6.70. The first kappa shape index (κ1) is 14.0. The number of hydrogen-bond donors (Lipinski definition) is 2. The summed E-state index contributed by atoms with van der Waals surface area (Å²) in [5, 5.41) is 7.16. The van der Waals surface area contributed by atoms with E-state index in [4.69, 9.17) is 12.2 Å². The minimum atomic E-state index is 0.330. The molecule has 108 valence electrons. The molecule has 1 saturated heterocycles. The van der Waals surface area contributed by atoms with Gasteiger partial charge in [0.05, 0.1) is 13.3 Å². The van der Waals surface area contributed by atoms with Gasteiger partial charge in [0, 0.05) is 6.04 Å². The standard InChI is InChI=1S/C17H19N3S/c21-17-18-12-20(13-19-17)16(15-9-5-2-6-10-15)11-14-7-3-1-4-8-14/h1-10,16H,11-13H2,(H2,18,19,21)/t16-/m1/s1. The minimum absolute atomic E-state index is 0.330. The maximum Gasteiger partial charge on any atom is 0.168 e. The second-order valence-electron chi connectivity index (χ2n) is 5.20. The molecule has 1 heterocycles. The van der Waals surface area contributed by atoms with Gasteiger partial charge in [-0.05, 0) is 29.8 Å². The van der Waals surface area contributed by atoms with Crippen LogP contribution >= 0.6 is 12.2 Å². The van der Waals surface area contributed by atoms with Gasteiger partial charge in [0.1, 0.15) is 0 Å². The van der Waals surface area contributed by atoms with Crippen LogP contribution in [0.4, 0.5) is 0 Å². The van der Waals surface area contributed by atoms with Crippen molar-refractivity contribution in [2.24, 2.45) is 0 Å². The molecule has 0 unspecified atom stereocenters. The molecule has 21 heavy (non-hydrogen) atoms. The Labute approximate surface area is 131 Å². The fourth-order valence-electron chi connectivity index (χ4n) is 2.66. The lowest BCUT2D eigenvalue weighted by Gasteiger charge is -2.36. The Bertz CT molecular complexity index is 575. The summed E-state index contributed by atoms with van der Waals surface area (Å²) in [7, 11) is 0. The third-order valence-corrected chi connectivity index (χ3v) is 4.07. The lowest BCUT2D eigenvalue weighted by molar-refractivity contribution is 0.172. The van der Waals surface area contributed by atoms with E-state index in [1.807, 2.05) is 0 Å². The highest BCUT2D eigenvalue weighted by atomic mass is 32.1. The van der Waals surface area contributed by atoms with Gasteiger partial charge in [-0.1, -0.05) is 60.7 Å². The number of rotatable bonds is 4. The van der Waals surface area contributed by atoms with Gasteiger partial charge in [-0.2, -0.15) is 0 Å². The molecule has 3 rings (SSSR count). The van der Waals surface area contributed by atoms with Crippen LogP contribution in [0.5, 0.6) is 0 Å². The van der Waals surface area contributed by atoms with E-state index in [1.165, 1.54) is 11.1 Å². The Hall–Kier alpha value is -1.91. The molecule has 0 aliphatic carbocycles. The Morgan fingerprint density at radius 1 is 0.905 bits per heavy atom. The van der Waals surface area contributed by atoms with Crippen molar-refractivity contribution in [2.45, 2.75) is 12.5 Å². The molecule has 0 spiro atoms. The highest BCUT2D eigenvalue weighted by molar-refractivity contribution is 7.80. The summed E-state index contributed by atoms with van der Waals surface area (Å²) in [4.78, 5) is 2.37. The molecule has 0 bridgehead atoms. The summed E-state index contributed by atoms with van der Waals surface area (Å²) in [6, 6.07) is 21.6. The van der Waals surface area contributed by atoms with Gasteiger partial charge < -0.3 is 10.6 Å². The predicted octanol–water partition coefficient (Wildman–Crippen LogP) is 2.67. The number of nitrogens with one attached hydrogen (secondary N) is 2. The van der Waals surface area contributed by atoms with Crippen LogP contribution in [0.25, 0.3) is 0 Å². The lowest BCUT2D eigenvalue weighted by Crippen LogP contribution is -2.55. The van der Waals surface area contributed by atoms with Gasteiger partial charge in [0.25, 0.3) is 0 Å². The maximum atomic E-state index is 5.14. The third-order valence-electron chi connectivity index (χ3n) is 3.78. The zero-order valence-corrected chi connectivity index (χ0v) is 12.6. The molecular formula is C17H19N3S. The number of hydrogen-bond acceptors (Lipinski definition) is 2. The van der Waals surface area contributed by atoms with Gasteiger partial charge in [-0.25, -0.2) is 0 Å². The molecule has 1 fully saturated rings. The molecule has 3 nitrogen and oxygen atoms in total. The first-order valence-electron chi connectivity index (χ1n) is 7.17. The van der Waals surface area contributed by atoms with Crippen LogP contribution < -0.4 is 10.6 Å². The van der Waals surface area contributed by atoms with Crippen LogP contribution in [0, 0.1) is 0 Å². The van der Waals surface area contributed by atoms with Crippen molar-refractivity contribution in [2.75, 3.05) is 13.3 Å². The third kappa shape index (κ3) is 3.60. The van der Waals surface area contributed by atoms with Crippen LogP contribution in [0.3, 0.4) is 0 Å². The van der Waals surface area contributed by atoms with Crippen LogP contribution in [0.1, 0.15) is 17.2 Å². The van der Waals surface area contributed by atoms with Gasteiger partial charge in [-0.3, -0.25) is 4.90 Å².